The summed E-state index contributed by atoms with van der Waals surface area (Å²) in [7, 11) is 0. The Balaban J connectivity index is 0.00000576. The van der Waals surface area contributed by atoms with Crippen LogP contribution in [0.5, 0.6) is 0 Å². The molecule has 0 saturated heterocycles. The summed E-state index contributed by atoms with van der Waals surface area (Å²) >= 11 is 0. The molecule has 1 aromatic carbocycles. The number of aliphatic hydroxyl groups excluding tert-OH is 1. The van der Waals surface area contributed by atoms with Crippen molar-refractivity contribution in [1.29, 1.82) is 5.26 Å². The van der Waals surface area contributed by atoms with E-state index in [0.717, 1.165) is 43.9 Å². The van der Waals surface area contributed by atoms with Crippen LogP contribution in [-0.2, 0) is 6.54 Å². The highest BCUT2D eigenvalue weighted by Gasteiger charge is 2.25. The normalized spacial score (nSPS) is 11.4. The van der Waals surface area contributed by atoms with E-state index >= 15 is 0 Å². The molecule has 3 N–H and O–H groups in total. The maximum atomic E-state index is 9.33. The Morgan fingerprint density at radius 1 is 1.24 bits per heavy atom. The molecule has 5 nitrogen and oxygen atoms in total. The number of aliphatic hydroxyl groups is 1. The molecule has 0 spiro atoms. The number of rotatable bonds is 9. The maximum Gasteiger partial charge on any atom is 0.191 e. The standard InChI is InChI=1S/C19H30N4O.HI/c1-4-19(5-2,10-11-24)15-23-18(21-6-3)22-14-17-9-7-8-16(12-17)13-20;/h7-9,12,24H,4-6,10-11,14-15H2,1-3H3,(H2,21,22,23);1H. The van der Waals surface area contributed by atoms with Crippen LogP contribution in [0.15, 0.2) is 29.3 Å². The fraction of sp³-hybridized carbons (Fsp3) is 0.579. The van der Waals surface area contributed by atoms with E-state index in [1.54, 1.807) is 6.07 Å². The summed E-state index contributed by atoms with van der Waals surface area (Å²) in [5.41, 5.74) is 1.75. The van der Waals surface area contributed by atoms with Gasteiger partial charge in [0.05, 0.1) is 18.2 Å². The number of hydrogen-bond acceptors (Lipinski definition) is 3. The SMILES string of the molecule is CCNC(=NCc1cccc(C#N)c1)NCC(CC)(CC)CCO.I. The molecule has 0 aliphatic rings. The highest BCUT2D eigenvalue weighted by molar-refractivity contribution is 14.0. The number of nitriles is 1. The van der Waals surface area contributed by atoms with Crippen LogP contribution >= 0.6 is 24.0 Å². The van der Waals surface area contributed by atoms with Gasteiger partial charge in [0.25, 0.3) is 0 Å². The molecule has 25 heavy (non-hydrogen) atoms. The minimum Gasteiger partial charge on any atom is -0.396 e. The zero-order valence-corrected chi connectivity index (χ0v) is 17.8. The molecule has 0 amide bonds. The number of guanidine groups is 1. The molecular formula is C19H31IN4O. The lowest BCUT2D eigenvalue weighted by Gasteiger charge is -2.32. The third-order valence-electron chi connectivity index (χ3n) is 4.59. The van der Waals surface area contributed by atoms with Gasteiger partial charge in [-0.25, -0.2) is 4.99 Å². The van der Waals surface area contributed by atoms with Gasteiger partial charge in [0.15, 0.2) is 5.96 Å². The van der Waals surface area contributed by atoms with E-state index in [9.17, 15) is 5.11 Å². The lowest BCUT2D eigenvalue weighted by Crippen LogP contribution is -2.43. The summed E-state index contributed by atoms with van der Waals surface area (Å²) in [6.07, 6.45) is 2.82. The van der Waals surface area contributed by atoms with Gasteiger partial charge in [0.1, 0.15) is 0 Å². The van der Waals surface area contributed by atoms with Crippen molar-refractivity contribution in [2.75, 3.05) is 19.7 Å². The fourth-order valence-corrected chi connectivity index (χ4v) is 2.70. The van der Waals surface area contributed by atoms with Crippen molar-refractivity contribution >= 4 is 29.9 Å². The van der Waals surface area contributed by atoms with Crippen molar-refractivity contribution < 1.29 is 5.11 Å². The Morgan fingerprint density at radius 3 is 2.52 bits per heavy atom. The summed E-state index contributed by atoms with van der Waals surface area (Å²) in [5.74, 6) is 0.768. The van der Waals surface area contributed by atoms with Gasteiger partial charge in [-0.3, -0.25) is 0 Å². The van der Waals surface area contributed by atoms with Crippen molar-refractivity contribution in [3.05, 3.63) is 35.4 Å². The van der Waals surface area contributed by atoms with Crippen LogP contribution in [0, 0.1) is 16.7 Å². The molecule has 0 atom stereocenters. The molecule has 6 heteroatoms. The van der Waals surface area contributed by atoms with Crippen LogP contribution in [0.1, 0.15) is 51.2 Å². The fourth-order valence-electron chi connectivity index (χ4n) is 2.70. The monoisotopic (exact) mass is 458 g/mol. The van der Waals surface area contributed by atoms with Crippen molar-refractivity contribution in [3.8, 4) is 6.07 Å². The van der Waals surface area contributed by atoms with Gasteiger partial charge in [-0.15, -0.1) is 24.0 Å². The van der Waals surface area contributed by atoms with E-state index in [4.69, 9.17) is 5.26 Å². The smallest absolute Gasteiger partial charge is 0.191 e. The van der Waals surface area contributed by atoms with E-state index in [1.807, 2.05) is 25.1 Å². The van der Waals surface area contributed by atoms with Gasteiger partial charge in [-0.1, -0.05) is 26.0 Å². The number of benzene rings is 1. The first-order valence-electron chi connectivity index (χ1n) is 8.75. The molecule has 1 aromatic rings. The van der Waals surface area contributed by atoms with Crippen LogP contribution in [0.2, 0.25) is 0 Å². The molecule has 0 heterocycles. The predicted octanol–water partition coefficient (Wildman–Crippen LogP) is 3.42. The minimum atomic E-state index is 0. The molecule has 1 rings (SSSR count). The van der Waals surface area contributed by atoms with Crippen molar-refractivity contribution in [1.82, 2.24) is 10.6 Å². The lowest BCUT2D eigenvalue weighted by molar-refractivity contribution is 0.169. The first-order valence-corrected chi connectivity index (χ1v) is 8.75. The second kappa shape index (κ2) is 13.0. The molecule has 0 saturated carbocycles. The van der Waals surface area contributed by atoms with Crippen LogP contribution in [0.25, 0.3) is 0 Å². The molecule has 0 aromatic heterocycles. The van der Waals surface area contributed by atoms with Gasteiger partial charge in [-0.2, -0.15) is 5.26 Å². The Bertz CT molecular complexity index is 565. The Labute approximate surface area is 169 Å². The van der Waals surface area contributed by atoms with Crippen LogP contribution in [-0.4, -0.2) is 30.8 Å². The van der Waals surface area contributed by atoms with E-state index in [-0.39, 0.29) is 36.0 Å². The second-order valence-corrected chi connectivity index (χ2v) is 6.04. The highest BCUT2D eigenvalue weighted by Crippen LogP contribution is 2.29. The summed E-state index contributed by atoms with van der Waals surface area (Å²) in [6.45, 7) is 8.67. The summed E-state index contributed by atoms with van der Waals surface area (Å²) in [6, 6.07) is 9.66. The average Bonchev–Trinajstić information content (AvgIpc) is 2.63. The number of hydrogen-bond donors (Lipinski definition) is 3. The van der Waals surface area contributed by atoms with Crippen molar-refractivity contribution in [3.63, 3.8) is 0 Å². The zero-order valence-electron chi connectivity index (χ0n) is 15.5. The van der Waals surface area contributed by atoms with Crippen LogP contribution < -0.4 is 10.6 Å². The molecular weight excluding hydrogens is 427 g/mol. The van der Waals surface area contributed by atoms with E-state index < -0.39 is 0 Å². The van der Waals surface area contributed by atoms with Crippen LogP contribution in [0.4, 0.5) is 0 Å². The molecule has 0 fully saturated rings. The molecule has 0 unspecified atom stereocenters. The first-order chi connectivity index (χ1) is 11.6. The van der Waals surface area contributed by atoms with Crippen molar-refractivity contribution in [2.24, 2.45) is 10.4 Å². The third-order valence-corrected chi connectivity index (χ3v) is 4.59. The maximum absolute atomic E-state index is 9.33. The molecule has 0 aliphatic carbocycles. The molecule has 0 aliphatic heterocycles. The molecule has 0 bridgehead atoms. The third kappa shape index (κ3) is 8.06. The van der Waals surface area contributed by atoms with Gasteiger partial charge in [-0.05, 0) is 49.3 Å². The van der Waals surface area contributed by atoms with Crippen molar-refractivity contribution in [2.45, 2.75) is 46.6 Å². The zero-order chi connectivity index (χ0) is 17.8. The van der Waals surface area contributed by atoms with Gasteiger partial charge in [0, 0.05) is 19.7 Å². The van der Waals surface area contributed by atoms with Crippen LogP contribution in [0.3, 0.4) is 0 Å². The minimum absolute atomic E-state index is 0. The van der Waals surface area contributed by atoms with Gasteiger partial charge >= 0.3 is 0 Å². The largest absolute Gasteiger partial charge is 0.396 e. The summed E-state index contributed by atoms with van der Waals surface area (Å²) < 4.78 is 0. The number of aliphatic imine (C=N–C) groups is 1. The highest BCUT2D eigenvalue weighted by atomic mass is 127. The number of nitrogens with one attached hydrogen (secondary N) is 2. The number of halogens is 1. The molecule has 0 radical (unpaired) electrons. The predicted molar refractivity (Wildman–Crippen MR) is 114 cm³/mol. The first kappa shape index (κ1) is 23.7. The average molecular weight is 458 g/mol. The van der Waals surface area contributed by atoms with Gasteiger partial charge < -0.3 is 15.7 Å². The Hall–Kier alpha value is -1.33. The summed E-state index contributed by atoms with van der Waals surface area (Å²) in [4.78, 5) is 4.61. The van der Waals surface area contributed by atoms with E-state index in [2.05, 4.69) is 35.5 Å². The lowest BCUT2D eigenvalue weighted by atomic mass is 9.79. The number of nitrogens with zero attached hydrogens (tertiary/aromatic N) is 2. The topological polar surface area (TPSA) is 80.4 Å². The van der Waals surface area contributed by atoms with Gasteiger partial charge in [0.2, 0.25) is 0 Å². The quantitative estimate of drug-likeness (QED) is 0.301. The molecule has 140 valence electrons. The van der Waals surface area contributed by atoms with E-state index in [0.29, 0.717) is 12.1 Å². The summed E-state index contributed by atoms with van der Waals surface area (Å²) in [5, 5.41) is 25.0. The Kier molecular flexibility index (Phi) is 12.3. The van der Waals surface area contributed by atoms with E-state index in [1.165, 1.54) is 0 Å². The Morgan fingerprint density at radius 2 is 1.96 bits per heavy atom. The second-order valence-electron chi connectivity index (χ2n) is 6.04.